The molecule has 0 saturated heterocycles. The lowest BCUT2D eigenvalue weighted by Crippen LogP contribution is -2.15. The Balaban J connectivity index is 1.24. The van der Waals surface area contributed by atoms with Gasteiger partial charge in [0.25, 0.3) is 0 Å². The van der Waals surface area contributed by atoms with Crippen molar-refractivity contribution in [1.29, 1.82) is 0 Å². The molecule has 3 heteroatoms. The third-order valence-electron chi connectivity index (χ3n) is 13.0. The van der Waals surface area contributed by atoms with Crippen LogP contribution < -0.4 is 0 Å². The molecule has 59 heavy (non-hydrogen) atoms. The van der Waals surface area contributed by atoms with Crippen molar-refractivity contribution < 1.29 is 0 Å². The van der Waals surface area contributed by atoms with Crippen LogP contribution in [0.2, 0.25) is 0 Å². The van der Waals surface area contributed by atoms with Gasteiger partial charge < -0.3 is 0 Å². The van der Waals surface area contributed by atoms with Gasteiger partial charge in [0.05, 0.1) is 16.7 Å². The number of aromatic nitrogens is 1. The fourth-order valence-electron chi connectivity index (χ4n) is 10.4. The topological polar surface area (TPSA) is 17.3 Å². The maximum Gasteiger partial charge on any atom is 0.146 e. The fraction of sp³-hybridized carbons (Fsp3) is 0.0536. The van der Waals surface area contributed by atoms with E-state index in [1.807, 2.05) is 11.3 Å². The molecule has 2 nitrogen and oxygen atoms in total. The van der Waals surface area contributed by atoms with E-state index in [1.54, 1.807) is 0 Å². The van der Waals surface area contributed by atoms with E-state index in [1.165, 1.54) is 118 Å². The molecule has 0 N–H and O–H groups in total. The molecule has 276 valence electrons. The number of hydrogen-bond donors (Lipinski definition) is 0. The lowest BCUT2D eigenvalue weighted by Gasteiger charge is -2.19. The maximum absolute atomic E-state index is 5.94. The Kier molecular flexibility index (Phi) is 6.96. The molecule has 0 saturated carbocycles. The van der Waals surface area contributed by atoms with E-state index in [-0.39, 0.29) is 0 Å². The van der Waals surface area contributed by atoms with Gasteiger partial charge in [0.1, 0.15) is 5.84 Å². The van der Waals surface area contributed by atoms with Crippen molar-refractivity contribution >= 4 is 124 Å². The quantitative estimate of drug-likeness (QED) is 0.156. The Morgan fingerprint density at radius 2 is 1.08 bits per heavy atom. The smallest absolute Gasteiger partial charge is 0.146 e. The predicted molar refractivity (Wildman–Crippen MR) is 256 cm³/mol. The second-order valence-corrected chi connectivity index (χ2v) is 17.1. The molecule has 12 aromatic rings. The average Bonchev–Trinajstić information content (AvgIpc) is 3.78. The highest BCUT2D eigenvalue weighted by Gasteiger charge is 2.28. The van der Waals surface area contributed by atoms with Gasteiger partial charge in [-0.25, -0.2) is 4.99 Å². The van der Waals surface area contributed by atoms with Crippen molar-refractivity contribution in [3.63, 3.8) is 0 Å². The van der Waals surface area contributed by atoms with Crippen molar-refractivity contribution in [1.82, 2.24) is 4.57 Å². The minimum absolute atomic E-state index is 0.829. The van der Waals surface area contributed by atoms with Crippen LogP contribution in [0.5, 0.6) is 0 Å². The Bertz CT molecular complexity index is 3820. The first kappa shape index (κ1) is 33.0. The van der Waals surface area contributed by atoms with Gasteiger partial charge in [-0.2, -0.15) is 0 Å². The van der Waals surface area contributed by atoms with Gasteiger partial charge in [-0.15, -0.1) is 11.3 Å². The molecule has 0 aliphatic carbocycles. The first-order valence-corrected chi connectivity index (χ1v) is 21.5. The number of rotatable bonds is 2. The lowest BCUT2D eigenvalue weighted by atomic mass is 9.90. The monoisotopic (exact) mass is 768 g/mol. The molecule has 1 aliphatic rings. The van der Waals surface area contributed by atoms with E-state index in [0.717, 1.165) is 24.4 Å². The van der Waals surface area contributed by atoms with Crippen LogP contribution in [0.15, 0.2) is 186 Å². The van der Waals surface area contributed by atoms with Gasteiger partial charge in [0.15, 0.2) is 0 Å². The van der Waals surface area contributed by atoms with Crippen molar-refractivity contribution in [2.45, 2.75) is 19.8 Å². The Morgan fingerprint density at radius 1 is 0.492 bits per heavy atom. The lowest BCUT2D eigenvalue weighted by molar-refractivity contribution is 1.02. The Labute approximate surface area is 344 Å². The first-order valence-electron chi connectivity index (χ1n) is 20.7. The fourth-order valence-corrected chi connectivity index (χ4v) is 11.5. The molecule has 0 bridgehead atoms. The van der Waals surface area contributed by atoms with E-state index >= 15 is 0 Å². The van der Waals surface area contributed by atoms with Crippen molar-refractivity contribution in [3.8, 4) is 0 Å². The molecule has 0 atom stereocenters. The molecule has 0 unspecified atom stereocenters. The number of aliphatic imine (C=N–C) groups is 1. The Morgan fingerprint density at radius 3 is 1.86 bits per heavy atom. The summed E-state index contributed by atoms with van der Waals surface area (Å²) in [7, 11) is 0. The van der Waals surface area contributed by atoms with Crippen molar-refractivity contribution in [2.75, 3.05) is 0 Å². The van der Waals surface area contributed by atoms with Gasteiger partial charge in [-0.3, -0.25) is 4.57 Å². The van der Waals surface area contributed by atoms with Crippen molar-refractivity contribution in [3.05, 3.63) is 193 Å². The van der Waals surface area contributed by atoms with Crippen LogP contribution in [-0.2, 0) is 6.42 Å². The summed E-state index contributed by atoms with van der Waals surface area (Å²) < 4.78 is 5.17. The van der Waals surface area contributed by atoms with Crippen LogP contribution in [0.25, 0.3) is 101 Å². The standard InChI is InChI=1S/C56H36N2S/c1-2-33-31-46-37-15-5-3-13-34(37)24-28-48(46)57-56(52(33)36-25-30-51-47(32-36)42-20-11-12-22-50(42)59-51)58-49-29-27-44-41-19-8-7-17-39(41)40-18-9-10-21-43(40)53(44)54(49)45-26-23-35-14-4-6-16-38(35)55(45)58/h3-30,32H,2,31H2,1H3. The summed E-state index contributed by atoms with van der Waals surface area (Å²) in [6, 6.07) is 65.5. The molecular formula is C56H36N2S. The second kappa shape index (κ2) is 12.5. The minimum Gasteiger partial charge on any atom is -0.293 e. The molecule has 0 fully saturated rings. The number of fused-ring (bicyclic) bond motifs is 18. The highest BCUT2D eigenvalue weighted by molar-refractivity contribution is 7.25. The summed E-state index contributed by atoms with van der Waals surface area (Å²) in [4.78, 5) is 5.94. The molecule has 3 heterocycles. The zero-order chi connectivity index (χ0) is 38.8. The van der Waals surface area contributed by atoms with Crippen LogP contribution in [0.4, 0.5) is 5.69 Å². The summed E-state index contributed by atoms with van der Waals surface area (Å²) in [5, 5.41) is 17.8. The molecule has 1 aliphatic heterocycles. The van der Waals surface area contributed by atoms with E-state index < -0.39 is 0 Å². The minimum atomic E-state index is 0.829. The molecule has 0 radical (unpaired) electrons. The highest BCUT2D eigenvalue weighted by Crippen LogP contribution is 2.47. The number of allylic oxidation sites excluding steroid dienone is 2. The van der Waals surface area contributed by atoms with Gasteiger partial charge in [0.2, 0.25) is 0 Å². The maximum atomic E-state index is 5.94. The number of hydrogen-bond acceptors (Lipinski definition) is 2. The molecule has 0 spiro atoms. The normalized spacial score (nSPS) is 13.5. The van der Waals surface area contributed by atoms with Crippen molar-refractivity contribution in [2.24, 2.45) is 4.99 Å². The van der Waals surface area contributed by atoms with Gasteiger partial charge in [-0.05, 0) is 97.4 Å². The van der Waals surface area contributed by atoms with Crippen LogP contribution in [0.1, 0.15) is 24.5 Å². The number of thiophene rings is 1. The zero-order valence-electron chi connectivity index (χ0n) is 32.5. The molecule has 10 aromatic carbocycles. The number of nitrogens with zero attached hydrogens (tertiary/aromatic N) is 2. The van der Waals surface area contributed by atoms with Crippen LogP contribution in [0.3, 0.4) is 0 Å². The van der Waals surface area contributed by atoms with E-state index in [2.05, 4.69) is 187 Å². The van der Waals surface area contributed by atoms with Gasteiger partial charge in [-0.1, -0.05) is 158 Å². The SMILES string of the molecule is CCC1=C(c2ccc3sc4ccccc4c3c2)C(n2c3ccc4c5ccccc5c5ccccc5c4c3c3ccc4ccccc4c32)=Nc2ccc3ccccc3c2C1. The molecule has 0 amide bonds. The van der Waals surface area contributed by atoms with Gasteiger partial charge in [0, 0.05) is 47.3 Å². The third-order valence-corrected chi connectivity index (χ3v) is 14.2. The van der Waals surface area contributed by atoms with Crippen LogP contribution >= 0.6 is 11.3 Å². The average molecular weight is 769 g/mol. The summed E-state index contributed by atoms with van der Waals surface area (Å²) >= 11 is 1.87. The van der Waals surface area contributed by atoms with E-state index in [0.29, 0.717) is 0 Å². The van der Waals surface area contributed by atoms with E-state index in [4.69, 9.17) is 4.99 Å². The zero-order valence-corrected chi connectivity index (χ0v) is 33.3. The highest BCUT2D eigenvalue weighted by atomic mass is 32.1. The third kappa shape index (κ3) is 4.65. The largest absolute Gasteiger partial charge is 0.293 e. The summed E-state index contributed by atoms with van der Waals surface area (Å²) in [5.74, 6) is 0.982. The Hall–Kier alpha value is -7.07. The van der Waals surface area contributed by atoms with Crippen LogP contribution in [-0.4, -0.2) is 10.4 Å². The first-order chi connectivity index (χ1) is 29.2. The summed E-state index contributed by atoms with van der Waals surface area (Å²) in [6.07, 6.45) is 1.73. The second-order valence-electron chi connectivity index (χ2n) is 16.0. The predicted octanol–water partition coefficient (Wildman–Crippen LogP) is 15.9. The molecule has 13 rings (SSSR count). The summed E-state index contributed by atoms with van der Waals surface area (Å²) in [6.45, 7) is 2.33. The molecule has 2 aromatic heterocycles. The number of benzene rings is 10. The molecular weight excluding hydrogens is 733 g/mol. The summed E-state index contributed by atoms with van der Waals surface area (Å²) in [5.41, 5.74) is 8.52. The van der Waals surface area contributed by atoms with Crippen LogP contribution in [0, 0.1) is 0 Å². The van der Waals surface area contributed by atoms with Gasteiger partial charge >= 0.3 is 0 Å². The van der Waals surface area contributed by atoms with E-state index in [9.17, 15) is 0 Å².